The summed E-state index contributed by atoms with van der Waals surface area (Å²) in [5.74, 6) is -0.452. The normalized spacial score (nSPS) is 13.5. The van der Waals surface area contributed by atoms with E-state index in [1.165, 1.54) is 21.8 Å². The maximum absolute atomic E-state index is 13.2. The van der Waals surface area contributed by atoms with Crippen molar-refractivity contribution in [1.82, 2.24) is 4.57 Å². The van der Waals surface area contributed by atoms with E-state index in [1.807, 2.05) is 37.3 Å². The Bertz CT molecular complexity index is 1370. The van der Waals surface area contributed by atoms with E-state index in [2.05, 4.69) is 40.3 Å². The molecule has 2 heterocycles. The molecule has 1 aliphatic carbocycles. The molecule has 0 saturated heterocycles. The number of rotatable bonds is 8. The van der Waals surface area contributed by atoms with Crippen molar-refractivity contribution in [3.8, 4) is 0 Å². The maximum atomic E-state index is 13.2. The fourth-order valence-electron chi connectivity index (χ4n) is 4.59. The zero-order valence-electron chi connectivity index (χ0n) is 19.9. The topological polar surface area (TPSA) is 60.3 Å². The monoisotopic (exact) mass is 504 g/mol. The van der Waals surface area contributed by atoms with Crippen LogP contribution in [0.15, 0.2) is 65.7 Å². The lowest BCUT2D eigenvalue weighted by atomic mass is 10.1. The number of nitrogens with zero attached hydrogens (tertiary/aromatic N) is 1. The minimum absolute atomic E-state index is 0.111. The van der Waals surface area contributed by atoms with Crippen LogP contribution < -0.4 is 5.32 Å². The molecule has 180 valence electrons. The zero-order chi connectivity index (χ0) is 24.4. The van der Waals surface area contributed by atoms with Gasteiger partial charge >= 0.3 is 5.97 Å². The number of fused-ring (bicyclic) bond motifs is 2. The molecule has 0 fully saturated rings. The van der Waals surface area contributed by atoms with E-state index < -0.39 is 0 Å². The summed E-state index contributed by atoms with van der Waals surface area (Å²) in [6.45, 7) is 4.80. The number of amides is 1. The number of thiophene rings is 1. The number of esters is 1. The van der Waals surface area contributed by atoms with Gasteiger partial charge in [0, 0.05) is 33.4 Å². The molecular formula is C28H28N2O3S2. The van der Waals surface area contributed by atoms with Crippen LogP contribution in [0.3, 0.4) is 0 Å². The smallest absolute Gasteiger partial charge is 0.341 e. The second-order valence-corrected chi connectivity index (χ2v) is 11.1. The number of hydrogen-bond acceptors (Lipinski definition) is 5. The molecule has 0 radical (unpaired) electrons. The number of para-hydroxylation sites is 1. The summed E-state index contributed by atoms with van der Waals surface area (Å²) >= 11 is 3.06. The van der Waals surface area contributed by atoms with Crippen LogP contribution in [0.1, 0.15) is 46.6 Å². The first-order valence-electron chi connectivity index (χ1n) is 12.0. The van der Waals surface area contributed by atoms with Gasteiger partial charge in [0.1, 0.15) is 5.00 Å². The highest BCUT2D eigenvalue weighted by molar-refractivity contribution is 8.00. The molecule has 7 heteroatoms. The van der Waals surface area contributed by atoms with Gasteiger partial charge in [-0.2, -0.15) is 0 Å². The van der Waals surface area contributed by atoms with E-state index in [4.69, 9.17) is 4.74 Å². The van der Waals surface area contributed by atoms with Crippen LogP contribution in [0, 0.1) is 0 Å². The largest absolute Gasteiger partial charge is 0.462 e. The molecule has 0 aliphatic heterocycles. The van der Waals surface area contributed by atoms with Crippen molar-refractivity contribution in [1.29, 1.82) is 0 Å². The molecule has 1 unspecified atom stereocenters. The van der Waals surface area contributed by atoms with Crippen molar-refractivity contribution in [3.63, 3.8) is 0 Å². The van der Waals surface area contributed by atoms with Gasteiger partial charge in [-0.3, -0.25) is 4.79 Å². The Morgan fingerprint density at radius 1 is 1.11 bits per heavy atom. The molecule has 1 amide bonds. The predicted octanol–water partition coefficient (Wildman–Crippen LogP) is 6.54. The standard InChI is InChI=1S/C28H28N2O3S2/c1-3-33-28(32)25-21-13-9-15-23(21)35-27(25)29-26(31)18(2)34-24-17-30(16-19-10-5-4-6-11-19)22-14-8-7-12-20(22)24/h4-8,10-12,14,17-18H,3,9,13,15-16H2,1-2H3,(H,29,31). The maximum Gasteiger partial charge on any atom is 0.341 e. The number of aromatic nitrogens is 1. The first kappa shape index (κ1) is 23.7. The van der Waals surface area contributed by atoms with Crippen molar-refractivity contribution < 1.29 is 14.3 Å². The molecule has 2 aromatic heterocycles. The van der Waals surface area contributed by atoms with Crippen LogP contribution in [0.5, 0.6) is 0 Å². The summed E-state index contributed by atoms with van der Waals surface area (Å²) in [6.07, 6.45) is 4.99. The number of benzene rings is 2. The number of anilines is 1. The number of carbonyl (C=O) groups excluding carboxylic acids is 2. The lowest BCUT2D eigenvalue weighted by Gasteiger charge is -2.12. The van der Waals surface area contributed by atoms with Crippen molar-refractivity contribution in [2.24, 2.45) is 0 Å². The second kappa shape index (κ2) is 10.3. The van der Waals surface area contributed by atoms with E-state index in [0.29, 0.717) is 17.2 Å². The molecular weight excluding hydrogens is 476 g/mol. The first-order valence-corrected chi connectivity index (χ1v) is 13.7. The van der Waals surface area contributed by atoms with Gasteiger partial charge in [0.05, 0.1) is 17.4 Å². The van der Waals surface area contributed by atoms with E-state index in [9.17, 15) is 9.59 Å². The Morgan fingerprint density at radius 3 is 2.69 bits per heavy atom. The molecule has 1 atom stereocenters. The second-order valence-electron chi connectivity index (χ2n) is 8.66. The number of thioether (sulfide) groups is 1. The molecule has 0 spiro atoms. The Labute approximate surface area is 213 Å². The van der Waals surface area contributed by atoms with Gasteiger partial charge in [-0.25, -0.2) is 4.79 Å². The summed E-state index contributed by atoms with van der Waals surface area (Å²) in [4.78, 5) is 28.1. The Hall–Kier alpha value is -3.03. The van der Waals surface area contributed by atoms with Crippen LogP contribution >= 0.6 is 23.1 Å². The molecule has 0 saturated carbocycles. The molecule has 4 aromatic rings. The van der Waals surface area contributed by atoms with Gasteiger partial charge in [-0.1, -0.05) is 48.5 Å². The minimum atomic E-state index is -0.341. The van der Waals surface area contributed by atoms with Crippen LogP contribution in [0.4, 0.5) is 5.00 Å². The summed E-state index contributed by atoms with van der Waals surface area (Å²) in [6, 6.07) is 18.7. The number of carbonyl (C=O) groups is 2. The summed E-state index contributed by atoms with van der Waals surface area (Å²) < 4.78 is 7.53. The van der Waals surface area contributed by atoms with Crippen LogP contribution in [0.2, 0.25) is 0 Å². The summed E-state index contributed by atoms with van der Waals surface area (Å²) in [7, 11) is 0. The van der Waals surface area contributed by atoms with Crippen molar-refractivity contribution in [2.75, 3.05) is 11.9 Å². The van der Waals surface area contributed by atoms with Gasteiger partial charge in [0.25, 0.3) is 0 Å². The van der Waals surface area contributed by atoms with Gasteiger partial charge < -0.3 is 14.6 Å². The SMILES string of the molecule is CCOC(=O)c1c(NC(=O)C(C)Sc2cn(Cc3ccccc3)c3ccccc23)sc2c1CCC2. The minimum Gasteiger partial charge on any atom is -0.462 e. The third kappa shape index (κ3) is 4.88. The van der Waals surface area contributed by atoms with Crippen LogP contribution in [-0.2, 0) is 28.9 Å². The first-order chi connectivity index (χ1) is 17.0. The Kier molecular flexibility index (Phi) is 6.97. The molecule has 1 N–H and O–H groups in total. The molecule has 0 bridgehead atoms. The van der Waals surface area contributed by atoms with E-state index in [-0.39, 0.29) is 17.1 Å². The Balaban J connectivity index is 1.36. The number of hydrogen-bond donors (Lipinski definition) is 1. The fourth-order valence-corrected chi connectivity index (χ4v) is 6.90. The average Bonchev–Trinajstić information content (AvgIpc) is 3.54. The van der Waals surface area contributed by atoms with E-state index in [0.717, 1.165) is 47.2 Å². The molecule has 5 rings (SSSR count). The lowest BCUT2D eigenvalue weighted by Crippen LogP contribution is -2.23. The van der Waals surface area contributed by atoms with Gasteiger partial charge in [0.2, 0.25) is 5.91 Å². The number of aryl methyl sites for hydroxylation is 1. The predicted molar refractivity (Wildman–Crippen MR) is 144 cm³/mol. The highest BCUT2D eigenvalue weighted by atomic mass is 32.2. The summed E-state index contributed by atoms with van der Waals surface area (Å²) in [5, 5.41) is 4.47. The lowest BCUT2D eigenvalue weighted by molar-refractivity contribution is -0.115. The number of ether oxygens (including phenoxy) is 1. The third-order valence-electron chi connectivity index (χ3n) is 6.26. The molecule has 1 aliphatic rings. The molecule has 5 nitrogen and oxygen atoms in total. The third-order valence-corrected chi connectivity index (χ3v) is 8.61. The van der Waals surface area contributed by atoms with Crippen molar-refractivity contribution in [3.05, 3.63) is 82.4 Å². The average molecular weight is 505 g/mol. The van der Waals surface area contributed by atoms with Gasteiger partial charge in [0.15, 0.2) is 0 Å². The van der Waals surface area contributed by atoms with Gasteiger partial charge in [-0.05, 0) is 50.3 Å². The number of nitrogens with one attached hydrogen (secondary N) is 1. The highest BCUT2D eigenvalue weighted by Gasteiger charge is 2.29. The molecule has 2 aromatic carbocycles. The van der Waals surface area contributed by atoms with Crippen molar-refractivity contribution >= 4 is 50.9 Å². The summed E-state index contributed by atoms with van der Waals surface area (Å²) in [5.41, 5.74) is 3.97. The fraction of sp³-hybridized carbons (Fsp3) is 0.286. The molecule has 35 heavy (non-hydrogen) atoms. The van der Waals surface area contributed by atoms with Crippen molar-refractivity contribution in [2.45, 2.75) is 49.8 Å². The zero-order valence-corrected chi connectivity index (χ0v) is 21.5. The van der Waals surface area contributed by atoms with E-state index >= 15 is 0 Å². The Morgan fingerprint density at radius 2 is 1.89 bits per heavy atom. The van der Waals surface area contributed by atoms with Gasteiger partial charge in [-0.15, -0.1) is 23.1 Å². The quantitative estimate of drug-likeness (QED) is 0.219. The highest BCUT2D eigenvalue weighted by Crippen LogP contribution is 2.40. The van der Waals surface area contributed by atoms with Crippen LogP contribution in [0.25, 0.3) is 10.9 Å². The van der Waals surface area contributed by atoms with Crippen LogP contribution in [-0.4, -0.2) is 28.3 Å². The van der Waals surface area contributed by atoms with E-state index in [1.54, 1.807) is 18.7 Å².